The summed E-state index contributed by atoms with van der Waals surface area (Å²) in [6.45, 7) is 1.33. The van der Waals surface area contributed by atoms with Gasteiger partial charge < -0.3 is 15.4 Å². The SMILES string of the molecule is CC[C@]1(c2ccc(OC)cc2)NC(=O)N(CC(=O)Nc2ccccc2C#N)C1=O. The second kappa shape index (κ2) is 8.02. The third-order valence-corrected chi connectivity index (χ3v) is 4.91. The summed E-state index contributed by atoms with van der Waals surface area (Å²) in [5.74, 6) is -0.444. The molecule has 0 spiro atoms. The minimum absolute atomic E-state index is 0.291. The number of nitrogens with one attached hydrogen (secondary N) is 2. The van der Waals surface area contributed by atoms with Crippen LogP contribution < -0.4 is 15.4 Å². The van der Waals surface area contributed by atoms with E-state index in [4.69, 9.17) is 10.00 Å². The van der Waals surface area contributed by atoms with Crippen LogP contribution in [0.25, 0.3) is 0 Å². The lowest BCUT2D eigenvalue weighted by molar-refractivity contribution is -0.134. The topological polar surface area (TPSA) is 112 Å². The number of hydrogen-bond donors (Lipinski definition) is 2. The van der Waals surface area contributed by atoms with Crippen LogP contribution in [0, 0.1) is 11.3 Å². The van der Waals surface area contributed by atoms with Gasteiger partial charge in [-0.15, -0.1) is 0 Å². The standard InChI is InChI=1S/C21H20N4O4/c1-3-21(15-8-10-16(29-2)11-9-15)19(27)25(20(28)24-21)13-18(26)23-17-7-5-4-6-14(17)12-22/h4-11H,3,13H2,1-2H3,(H,23,26)(H,24,28)/t21-/m1/s1. The molecule has 1 aliphatic heterocycles. The van der Waals surface area contributed by atoms with Gasteiger partial charge in [-0.05, 0) is 36.2 Å². The molecule has 4 amide bonds. The Morgan fingerprint density at radius 1 is 1.21 bits per heavy atom. The Labute approximate surface area is 168 Å². The van der Waals surface area contributed by atoms with Crippen molar-refractivity contribution in [2.45, 2.75) is 18.9 Å². The van der Waals surface area contributed by atoms with Crippen molar-refractivity contribution in [3.63, 3.8) is 0 Å². The van der Waals surface area contributed by atoms with E-state index in [1.165, 1.54) is 7.11 Å². The van der Waals surface area contributed by atoms with Gasteiger partial charge in [0.05, 0.1) is 18.4 Å². The molecule has 0 saturated carbocycles. The zero-order valence-electron chi connectivity index (χ0n) is 16.1. The highest BCUT2D eigenvalue weighted by atomic mass is 16.5. The summed E-state index contributed by atoms with van der Waals surface area (Å²) in [5, 5.41) is 14.4. The number of nitriles is 1. The fraction of sp³-hybridized carbons (Fsp3) is 0.238. The van der Waals surface area contributed by atoms with Gasteiger partial charge in [-0.1, -0.05) is 31.2 Å². The number of amides is 4. The van der Waals surface area contributed by atoms with E-state index in [1.54, 1.807) is 55.5 Å². The minimum Gasteiger partial charge on any atom is -0.497 e. The molecule has 2 aromatic carbocycles. The Kier molecular flexibility index (Phi) is 5.50. The first kappa shape index (κ1) is 19.9. The number of ether oxygens (including phenoxy) is 1. The Balaban J connectivity index is 1.80. The molecule has 0 radical (unpaired) electrons. The van der Waals surface area contributed by atoms with Gasteiger partial charge in [0.1, 0.15) is 23.9 Å². The number of hydrogen-bond acceptors (Lipinski definition) is 5. The number of anilines is 1. The quantitative estimate of drug-likeness (QED) is 0.733. The lowest BCUT2D eigenvalue weighted by Gasteiger charge is -2.26. The lowest BCUT2D eigenvalue weighted by Crippen LogP contribution is -2.44. The molecule has 8 heteroatoms. The van der Waals surface area contributed by atoms with E-state index in [1.807, 2.05) is 6.07 Å². The molecular weight excluding hydrogens is 372 g/mol. The molecule has 2 aromatic rings. The van der Waals surface area contributed by atoms with Gasteiger partial charge in [0.25, 0.3) is 5.91 Å². The first-order valence-electron chi connectivity index (χ1n) is 9.02. The normalized spacial score (nSPS) is 18.2. The Hall–Kier alpha value is -3.86. The van der Waals surface area contributed by atoms with E-state index in [0.717, 1.165) is 4.90 Å². The van der Waals surface area contributed by atoms with E-state index in [-0.39, 0.29) is 0 Å². The Morgan fingerprint density at radius 3 is 2.52 bits per heavy atom. The maximum atomic E-state index is 13.1. The van der Waals surface area contributed by atoms with Crippen LogP contribution in [0.1, 0.15) is 24.5 Å². The summed E-state index contributed by atoms with van der Waals surface area (Å²) in [4.78, 5) is 38.9. The summed E-state index contributed by atoms with van der Waals surface area (Å²) in [7, 11) is 1.54. The Bertz CT molecular complexity index is 996. The zero-order valence-corrected chi connectivity index (χ0v) is 16.1. The van der Waals surface area contributed by atoms with Gasteiger partial charge in [-0.2, -0.15) is 5.26 Å². The second-order valence-electron chi connectivity index (χ2n) is 6.51. The molecule has 2 N–H and O–H groups in total. The van der Waals surface area contributed by atoms with E-state index in [9.17, 15) is 14.4 Å². The number of carbonyl (C=O) groups is 3. The third-order valence-electron chi connectivity index (χ3n) is 4.91. The van der Waals surface area contributed by atoms with Crippen LogP contribution in [-0.4, -0.2) is 36.4 Å². The number of methoxy groups -OCH3 is 1. The van der Waals surface area contributed by atoms with Crippen molar-refractivity contribution < 1.29 is 19.1 Å². The molecule has 1 aliphatic rings. The minimum atomic E-state index is -1.24. The van der Waals surface area contributed by atoms with Crippen LogP contribution in [-0.2, 0) is 15.1 Å². The van der Waals surface area contributed by atoms with Crippen LogP contribution in [0.4, 0.5) is 10.5 Å². The van der Waals surface area contributed by atoms with Gasteiger partial charge in [0.15, 0.2) is 0 Å². The number of rotatable bonds is 6. The smallest absolute Gasteiger partial charge is 0.325 e. The van der Waals surface area contributed by atoms with Crippen molar-refractivity contribution in [3.05, 3.63) is 59.7 Å². The van der Waals surface area contributed by atoms with Crippen molar-refractivity contribution in [3.8, 4) is 11.8 Å². The molecule has 0 aliphatic carbocycles. The summed E-state index contributed by atoms with van der Waals surface area (Å²) >= 11 is 0. The average molecular weight is 392 g/mol. The largest absolute Gasteiger partial charge is 0.497 e. The first-order chi connectivity index (χ1) is 13.9. The van der Waals surface area contributed by atoms with Crippen LogP contribution in [0.2, 0.25) is 0 Å². The molecule has 0 bridgehead atoms. The van der Waals surface area contributed by atoms with Crippen molar-refractivity contribution in [2.75, 3.05) is 19.0 Å². The molecule has 1 atom stereocenters. The molecular formula is C21H20N4O4. The monoisotopic (exact) mass is 392 g/mol. The van der Waals surface area contributed by atoms with E-state index >= 15 is 0 Å². The van der Waals surface area contributed by atoms with E-state index < -0.39 is 29.9 Å². The highest BCUT2D eigenvalue weighted by Crippen LogP contribution is 2.33. The number of benzene rings is 2. The molecule has 29 heavy (non-hydrogen) atoms. The number of nitrogens with zero attached hydrogens (tertiary/aromatic N) is 2. The molecule has 8 nitrogen and oxygen atoms in total. The van der Waals surface area contributed by atoms with Crippen molar-refractivity contribution in [1.82, 2.24) is 10.2 Å². The molecule has 3 rings (SSSR count). The maximum absolute atomic E-state index is 13.1. The summed E-state index contributed by atoms with van der Waals surface area (Å²) in [6, 6.07) is 14.7. The second-order valence-corrected chi connectivity index (χ2v) is 6.51. The highest BCUT2D eigenvalue weighted by molar-refractivity contribution is 6.10. The number of urea groups is 1. The van der Waals surface area contributed by atoms with Crippen molar-refractivity contribution >= 4 is 23.5 Å². The first-order valence-corrected chi connectivity index (χ1v) is 9.02. The van der Waals surface area contributed by atoms with Crippen LogP contribution in [0.5, 0.6) is 5.75 Å². The summed E-state index contributed by atoms with van der Waals surface area (Å²) in [5.41, 5.74) is -0.0196. The van der Waals surface area contributed by atoms with Gasteiger partial charge in [0, 0.05) is 0 Å². The predicted octanol–water partition coefficient (Wildman–Crippen LogP) is 2.36. The van der Waals surface area contributed by atoms with Crippen LogP contribution in [0.15, 0.2) is 48.5 Å². The average Bonchev–Trinajstić information content (AvgIpc) is 2.99. The van der Waals surface area contributed by atoms with Gasteiger partial charge >= 0.3 is 6.03 Å². The van der Waals surface area contributed by atoms with E-state index in [2.05, 4.69) is 10.6 Å². The van der Waals surface area contributed by atoms with Gasteiger partial charge in [-0.25, -0.2) is 4.79 Å². The number of imide groups is 1. The Morgan fingerprint density at radius 2 is 1.90 bits per heavy atom. The highest BCUT2D eigenvalue weighted by Gasteiger charge is 2.51. The molecule has 1 heterocycles. The molecule has 1 fully saturated rings. The molecule has 1 saturated heterocycles. The summed E-state index contributed by atoms with van der Waals surface area (Å²) < 4.78 is 5.14. The van der Waals surface area contributed by atoms with Gasteiger partial charge in [-0.3, -0.25) is 14.5 Å². The lowest BCUT2D eigenvalue weighted by atomic mass is 9.87. The zero-order chi connectivity index (χ0) is 21.0. The van der Waals surface area contributed by atoms with Crippen LogP contribution >= 0.6 is 0 Å². The van der Waals surface area contributed by atoms with E-state index in [0.29, 0.717) is 29.0 Å². The van der Waals surface area contributed by atoms with Crippen LogP contribution in [0.3, 0.4) is 0 Å². The third kappa shape index (κ3) is 3.62. The predicted molar refractivity (Wildman–Crippen MR) is 105 cm³/mol. The number of carbonyl (C=O) groups excluding carboxylic acids is 3. The molecule has 0 unspecified atom stereocenters. The molecule has 148 valence electrons. The fourth-order valence-corrected chi connectivity index (χ4v) is 3.31. The van der Waals surface area contributed by atoms with Crippen molar-refractivity contribution in [2.24, 2.45) is 0 Å². The summed E-state index contributed by atoms with van der Waals surface area (Å²) in [6.07, 6.45) is 0.319. The van der Waals surface area contributed by atoms with Gasteiger partial charge in [0.2, 0.25) is 5.91 Å². The fourth-order valence-electron chi connectivity index (χ4n) is 3.31. The number of para-hydroxylation sites is 1. The van der Waals surface area contributed by atoms with Crippen molar-refractivity contribution in [1.29, 1.82) is 5.26 Å². The molecule has 0 aromatic heterocycles. The maximum Gasteiger partial charge on any atom is 0.325 e.